The number of benzene rings is 2. The van der Waals surface area contributed by atoms with E-state index in [-0.39, 0.29) is 6.04 Å². The molecule has 6 unspecified atom stereocenters. The first kappa shape index (κ1) is 11.6. The number of fused-ring (bicyclic) bond motifs is 10. The molecule has 2 nitrogen and oxygen atoms in total. The van der Waals surface area contributed by atoms with Crippen LogP contribution < -0.4 is 0 Å². The van der Waals surface area contributed by atoms with Gasteiger partial charge in [0.2, 0.25) is 0 Å². The molecule has 11 heterocycles. The standard InChI is InChI=1S/C20H17N2.C5H5.Fe/c1-3-9-16(10-4-1)19-20(17-11-5-2-6-12-17)22(15-21-19)18-13-7-8-14-18;1-2-4-5-3-1;/h1-15,19-20H;1-5H;. The number of nitrogens with zero attached hydrogens (tertiary/aromatic N) is 2. The Morgan fingerprint density at radius 1 is 0.679 bits per heavy atom. The predicted octanol–water partition coefficient (Wildman–Crippen LogP) is 6.11. The molecular formula is C25H22FeN2. The Hall–Kier alpha value is -1.57. The third kappa shape index (κ3) is 0.207. The van der Waals surface area contributed by atoms with Crippen molar-refractivity contribution >= 4 is 6.34 Å². The van der Waals surface area contributed by atoms with Gasteiger partial charge in [-0.3, -0.25) is 0 Å². The molecule has 0 aliphatic carbocycles. The molecule has 10 saturated heterocycles. The first-order valence-corrected chi connectivity index (χ1v) is 17.5. The Bertz CT molecular complexity index is 1540. The van der Waals surface area contributed by atoms with E-state index < -0.39 is 6.51 Å². The molecule has 11 aliphatic heterocycles. The zero-order valence-electron chi connectivity index (χ0n) is 15.4. The molecule has 2 aromatic carbocycles. The summed E-state index contributed by atoms with van der Waals surface area (Å²) in [5.74, 6) is 0. The Morgan fingerprint density at radius 2 is 1.21 bits per heavy atom. The van der Waals surface area contributed by atoms with Gasteiger partial charge in [-0.05, 0) is 0 Å². The summed E-state index contributed by atoms with van der Waals surface area (Å²) < 4.78 is 0.743. The topological polar surface area (TPSA) is 15.6 Å². The van der Waals surface area contributed by atoms with E-state index in [2.05, 4.69) is 71.9 Å². The van der Waals surface area contributed by atoms with E-state index in [0.29, 0.717) is 6.04 Å². The Labute approximate surface area is 154 Å². The molecule has 28 heavy (non-hydrogen) atoms. The predicted molar refractivity (Wildman–Crippen MR) is 105 cm³/mol. The van der Waals surface area contributed by atoms with Crippen LogP contribution >= 0.6 is 0 Å². The summed E-state index contributed by atoms with van der Waals surface area (Å²) >= 11 is 0. The fourth-order valence-corrected chi connectivity index (χ4v) is 93.2. The molecule has 0 radical (unpaired) electrons. The van der Waals surface area contributed by atoms with Crippen LogP contribution in [0, 0.1) is 0 Å². The first-order valence-electron chi connectivity index (χ1n) is 11.2. The Morgan fingerprint density at radius 3 is 1.68 bits per heavy atom. The van der Waals surface area contributed by atoms with Crippen molar-refractivity contribution in [1.82, 2.24) is 4.90 Å². The second kappa shape index (κ2) is 1.42. The summed E-state index contributed by atoms with van der Waals surface area (Å²) in [5.41, 5.74) is 2.91. The molecule has 0 aromatic heterocycles. The second-order valence-corrected chi connectivity index (χ2v) is 37.6. The molecule has 13 rings (SSSR count). The maximum atomic E-state index is 5.26. The van der Waals surface area contributed by atoms with Crippen molar-refractivity contribution in [2.45, 2.75) is 59.9 Å². The van der Waals surface area contributed by atoms with Crippen LogP contribution in [-0.2, 0) is 6.51 Å². The molecule has 0 amide bonds. The first-order chi connectivity index (χ1) is 13.6. The van der Waals surface area contributed by atoms with Gasteiger partial charge in [0.15, 0.2) is 0 Å². The third-order valence-electron chi connectivity index (χ3n) is 18.2. The van der Waals surface area contributed by atoms with Gasteiger partial charge in [-0.15, -0.1) is 0 Å². The zero-order chi connectivity index (χ0) is 17.4. The normalized spacial score (nSPS) is 84.4. The molecule has 0 N–H and O–H groups in total. The van der Waals surface area contributed by atoms with E-state index in [1.165, 1.54) is 54.5 Å². The molecule has 11 aliphatic rings. The minimum absolute atomic E-state index is 0.281. The van der Waals surface area contributed by atoms with Gasteiger partial charge < -0.3 is 0 Å². The van der Waals surface area contributed by atoms with Gasteiger partial charge >= 0.3 is 154 Å². The van der Waals surface area contributed by atoms with Crippen molar-refractivity contribution < 1.29 is 6.51 Å². The van der Waals surface area contributed by atoms with Crippen molar-refractivity contribution in [3.63, 3.8) is 0 Å². The quantitative estimate of drug-likeness (QED) is 0.562. The number of aliphatic imine (C=N–C) groups is 1. The summed E-state index contributed by atoms with van der Waals surface area (Å²) in [6.45, 7) is -3.20. The Balaban J connectivity index is 1.12. The fraction of sp³-hybridized carbons (Fsp3) is 0.480. The molecular weight excluding hydrogens is 384 g/mol. The van der Waals surface area contributed by atoms with Crippen molar-refractivity contribution in [2.24, 2.45) is 4.99 Å². The van der Waals surface area contributed by atoms with Crippen molar-refractivity contribution in [3.8, 4) is 0 Å². The average Bonchev–Trinajstić information content (AvgIpc) is 3.64. The summed E-state index contributed by atoms with van der Waals surface area (Å²) in [7, 11) is 0. The average molecular weight is 406 g/mol. The van der Waals surface area contributed by atoms with Crippen LogP contribution in [0.4, 0.5) is 0 Å². The van der Waals surface area contributed by atoms with Gasteiger partial charge in [0.05, 0.1) is 0 Å². The van der Waals surface area contributed by atoms with Gasteiger partial charge in [0.1, 0.15) is 0 Å². The number of hydrogen-bond donors (Lipinski definition) is 0. The van der Waals surface area contributed by atoms with Crippen LogP contribution in [0.3, 0.4) is 0 Å². The van der Waals surface area contributed by atoms with Gasteiger partial charge in [-0.2, -0.15) is 0 Å². The van der Waals surface area contributed by atoms with Gasteiger partial charge in [-0.25, -0.2) is 0 Å². The number of hydrogen-bond acceptors (Lipinski definition) is 2. The fourth-order valence-electron chi connectivity index (χ4n) is 19.4. The van der Waals surface area contributed by atoms with Gasteiger partial charge in [0, 0.05) is 0 Å². The van der Waals surface area contributed by atoms with E-state index in [1.54, 1.807) is 0 Å². The van der Waals surface area contributed by atoms with E-state index in [1.807, 2.05) is 0 Å². The summed E-state index contributed by atoms with van der Waals surface area (Å²) in [6, 6.07) is 23.3. The molecule has 3 heteroatoms. The SMILES string of the molecule is C1=NC(c2ccccc2)C(c2ccccc2)N1[C]12[CH]3[CH]4[CH]5[CH]1[Fe]45321678[CH]2[CH]1[CH]6[CH]7[CH]28. The molecule has 2 aromatic rings. The maximum absolute atomic E-state index is 5.26. The molecule has 0 saturated carbocycles. The van der Waals surface area contributed by atoms with Crippen LogP contribution in [0.2, 0.25) is 43.3 Å². The Kier molecular flexibility index (Phi) is 0.586. The monoisotopic (exact) mass is 406 g/mol. The van der Waals surface area contributed by atoms with Crippen LogP contribution in [0.1, 0.15) is 23.2 Å². The van der Waals surface area contributed by atoms with Crippen LogP contribution in [-0.4, -0.2) is 15.7 Å². The number of rotatable bonds is 3. The van der Waals surface area contributed by atoms with E-state index in [4.69, 9.17) is 4.99 Å². The molecule has 10 fully saturated rings. The van der Waals surface area contributed by atoms with Crippen LogP contribution in [0.5, 0.6) is 0 Å². The van der Waals surface area contributed by atoms with Crippen LogP contribution in [0.15, 0.2) is 65.7 Å². The minimum atomic E-state index is -3.20. The van der Waals surface area contributed by atoms with E-state index in [0.717, 1.165) is 4.44 Å². The summed E-state index contributed by atoms with van der Waals surface area (Å²) in [5, 5.41) is 0. The van der Waals surface area contributed by atoms with E-state index in [9.17, 15) is 0 Å². The molecule has 6 atom stereocenters. The summed E-state index contributed by atoms with van der Waals surface area (Å²) in [4.78, 5) is 20.4. The van der Waals surface area contributed by atoms with Gasteiger partial charge in [0.25, 0.3) is 0 Å². The van der Waals surface area contributed by atoms with Crippen LogP contribution in [0.25, 0.3) is 0 Å². The van der Waals surface area contributed by atoms with Gasteiger partial charge in [-0.1, -0.05) is 0 Å². The second-order valence-electron chi connectivity index (χ2n) is 14.0. The van der Waals surface area contributed by atoms with Crippen molar-refractivity contribution in [2.75, 3.05) is 0 Å². The molecule has 140 valence electrons. The van der Waals surface area contributed by atoms with Crippen molar-refractivity contribution in [1.29, 1.82) is 0 Å². The van der Waals surface area contributed by atoms with Crippen molar-refractivity contribution in [3.05, 3.63) is 71.8 Å². The zero-order valence-corrected chi connectivity index (χ0v) is 16.6. The molecule has 1 spiro atoms. The third-order valence-corrected chi connectivity index (χ3v) is 60.4. The summed E-state index contributed by atoms with van der Waals surface area (Å²) in [6.07, 6.45) is 2.40. The molecule has 0 bridgehead atoms. The van der Waals surface area contributed by atoms with E-state index >= 15 is 0 Å².